The zero-order valence-corrected chi connectivity index (χ0v) is 7.58. The third-order valence-electron chi connectivity index (χ3n) is 2.37. The zero-order chi connectivity index (χ0) is 9.68. The molecule has 1 rings (SSSR count). The number of nitrogens with two attached hydrogens (primary N) is 1. The largest absolute Gasteiger partial charge is 0.478 e. The van der Waals surface area contributed by atoms with Gasteiger partial charge in [0.15, 0.2) is 0 Å². The average molecular weight is 185 g/mol. The molecule has 3 N–H and O–H groups in total. The summed E-state index contributed by atoms with van der Waals surface area (Å²) in [6.45, 7) is 0.0185. The van der Waals surface area contributed by atoms with Crippen LogP contribution in [0, 0.1) is 0 Å². The SMILES string of the molecule is NOCC(C(=O)O)=C1CCCCC1. The maximum atomic E-state index is 10.8. The van der Waals surface area contributed by atoms with Gasteiger partial charge in [-0.05, 0) is 25.7 Å². The Kier molecular flexibility index (Phi) is 3.92. The molecule has 1 aliphatic carbocycles. The van der Waals surface area contributed by atoms with E-state index in [2.05, 4.69) is 4.84 Å². The molecular weight excluding hydrogens is 170 g/mol. The number of carboxylic acid groups (broad SMARTS) is 1. The molecule has 0 unspecified atom stereocenters. The van der Waals surface area contributed by atoms with Gasteiger partial charge in [-0.25, -0.2) is 10.7 Å². The lowest BCUT2D eigenvalue weighted by atomic mass is 9.91. The second-order valence-corrected chi connectivity index (χ2v) is 3.26. The Hall–Kier alpha value is -0.870. The molecule has 0 atom stereocenters. The highest BCUT2D eigenvalue weighted by Gasteiger charge is 2.16. The highest BCUT2D eigenvalue weighted by Crippen LogP contribution is 2.25. The quantitative estimate of drug-likeness (QED) is 0.512. The molecule has 0 spiro atoms. The first kappa shape index (κ1) is 10.2. The number of carboxylic acids is 1. The predicted molar refractivity (Wildman–Crippen MR) is 47.9 cm³/mol. The lowest BCUT2D eigenvalue weighted by Gasteiger charge is -2.16. The van der Waals surface area contributed by atoms with E-state index < -0.39 is 5.97 Å². The standard InChI is InChI=1S/C9H15NO3/c10-13-6-8(9(11)12)7-4-2-1-3-5-7/h1-6,10H2,(H,11,12). The van der Waals surface area contributed by atoms with Crippen molar-refractivity contribution in [2.24, 2.45) is 5.90 Å². The van der Waals surface area contributed by atoms with Crippen LogP contribution in [0.5, 0.6) is 0 Å². The first-order valence-corrected chi connectivity index (χ1v) is 4.51. The Bertz CT molecular complexity index is 215. The van der Waals surface area contributed by atoms with Crippen LogP contribution >= 0.6 is 0 Å². The van der Waals surface area contributed by atoms with Crippen LogP contribution in [0.4, 0.5) is 0 Å². The molecule has 4 nitrogen and oxygen atoms in total. The van der Waals surface area contributed by atoms with Gasteiger partial charge in [0.05, 0.1) is 12.2 Å². The third-order valence-corrected chi connectivity index (χ3v) is 2.37. The van der Waals surface area contributed by atoms with Crippen LogP contribution in [0.25, 0.3) is 0 Å². The molecule has 0 saturated heterocycles. The van der Waals surface area contributed by atoms with Gasteiger partial charge in [-0.15, -0.1) is 0 Å². The molecular formula is C9H15NO3. The van der Waals surface area contributed by atoms with E-state index in [-0.39, 0.29) is 6.61 Å². The van der Waals surface area contributed by atoms with E-state index in [1.54, 1.807) is 0 Å². The monoisotopic (exact) mass is 185 g/mol. The van der Waals surface area contributed by atoms with Crippen molar-refractivity contribution in [3.8, 4) is 0 Å². The minimum atomic E-state index is -0.901. The highest BCUT2D eigenvalue weighted by atomic mass is 16.6. The van der Waals surface area contributed by atoms with Gasteiger partial charge < -0.3 is 5.11 Å². The van der Waals surface area contributed by atoms with E-state index in [0.717, 1.165) is 31.3 Å². The van der Waals surface area contributed by atoms with Gasteiger partial charge in [-0.3, -0.25) is 4.84 Å². The normalized spacial score (nSPS) is 17.2. The smallest absolute Gasteiger partial charge is 0.333 e. The van der Waals surface area contributed by atoms with Crippen molar-refractivity contribution in [1.82, 2.24) is 0 Å². The van der Waals surface area contributed by atoms with Crippen LogP contribution in [0.2, 0.25) is 0 Å². The first-order chi connectivity index (χ1) is 6.25. The summed E-state index contributed by atoms with van der Waals surface area (Å²) in [5.74, 6) is 3.98. The van der Waals surface area contributed by atoms with Gasteiger partial charge >= 0.3 is 5.97 Å². The first-order valence-electron chi connectivity index (χ1n) is 4.51. The van der Waals surface area contributed by atoms with Crippen LogP contribution in [0.3, 0.4) is 0 Å². The molecule has 0 aromatic carbocycles. The summed E-state index contributed by atoms with van der Waals surface area (Å²) in [5, 5.41) is 8.86. The summed E-state index contributed by atoms with van der Waals surface area (Å²) in [5.41, 5.74) is 1.35. The van der Waals surface area contributed by atoms with Gasteiger partial charge in [0.2, 0.25) is 0 Å². The molecule has 0 amide bonds. The molecule has 74 valence electrons. The van der Waals surface area contributed by atoms with Crippen molar-refractivity contribution in [1.29, 1.82) is 0 Å². The maximum absolute atomic E-state index is 10.8. The predicted octanol–water partition coefficient (Wildman–Crippen LogP) is 1.22. The molecule has 0 bridgehead atoms. The van der Waals surface area contributed by atoms with Gasteiger partial charge in [0.1, 0.15) is 0 Å². The molecule has 0 radical (unpaired) electrons. The lowest BCUT2D eigenvalue weighted by molar-refractivity contribution is -0.133. The van der Waals surface area contributed by atoms with E-state index in [1.807, 2.05) is 0 Å². The fraction of sp³-hybridized carbons (Fsp3) is 0.667. The number of hydrogen-bond donors (Lipinski definition) is 2. The van der Waals surface area contributed by atoms with Crippen LogP contribution < -0.4 is 5.90 Å². The summed E-state index contributed by atoms with van der Waals surface area (Å²) in [6.07, 6.45) is 5.11. The van der Waals surface area contributed by atoms with Crippen molar-refractivity contribution < 1.29 is 14.7 Å². The molecule has 1 fully saturated rings. The van der Waals surface area contributed by atoms with Crippen molar-refractivity contribution in [2.45, 2.75) is 32.1 Å². The van der Waals surface area contributed by atoms with Gasteiger partial charge in [0.25, 0.3) is 0 Å². The molecule has 0 aromatic rings. The second kappa shape index (κ2) is 4.99. The number of carbonyl (C=O) groups is 1. The van der Waals surface area contributed by atoms with E-state index in [1.165, 1.54) is 6.42 Å². The van der Waals surface area contributed by atoms with Crippen LogP contribution in [-0.2, 0) is 9.63 Å². The summed E-state index contributed by atoms with van der Waals surface area (Å²) in [6, 6.07) is 0. The van der Waals surface area contributed by atoms with Crippen LogP contribution in [-0.4, -0.2) is 17.7 Å². The zero-order valence-electron chi connectivity index (χ0n) is 7.58. The Morgan fingerprint density at radius 2 is 2.00 bits per heavy atom. The lowest BCUT2D eigenvalue weighted by Crippen LogP contribution is -2.15. The van der Waals surface area contributed by atoms with Crippen LogP contribution in [0.1, 0.15) is 32.1 Å². The number of rotatable bonds is 3. The fourth-order valence-corrected chi connectivity index (χ4v) is 1.68. The second-order valence-electron chi connectivity index (χ2n) is 3.26. The summed E-state index contributed by atoms with van der Waals surface area (Å²) < 4.78 is 0. The number of allylic oxidation sites excluding steroid dienone is 1. The molecule has 0 heterocycles. The van der Waals surface area contributed by atoms with E-state index in [4.69, 9.17) is 11.0 Å². The van der Waals surface area contributed by atoms with Crippen LogP contribution in [0.15, 0.2) is 11.1 Å². The molecule has 0 aliphatic heterocycles. The Balaban J connectivity index is 2.73. The van der Waals surface area contributed by atoms with Gasteiger partial charge in [-0.2, -0.15) is 0 Å². The summed E-state index contributed by atoms with van der Waals surface area (Å²) >= 11 is 0. The van der Waals surface area contributed by atoms with E-state index in [0.29, 0.717) is 5.57 Å². The minimum absolute atomic E-state index is 0.0185. The van der Waals surface area contributed by atoms with Crippen molar-refractivity contribution in [3.05, 3.63) is 11.1 Å². The van der Waals surface area contributed by atoms with E-state index in [9.17, 15) is 4.79 Å². The third kappa shape index (κ3) is 2.82. The highest BCUT2D eigenvalue weighted by molar-refractivity contribution is 5.87. The molecule has 1 aliphatic rings. The van der Waals surface area contributed by atoms with Crippen molar-refractivity contribution in [3.63, 3.8) is 0 Å². The van der Waals surface area contributed by atoms with Crippen molar-refractivity contribution >= 4 is 5.97 Å². The summed E-state index contributed by atoms with van der Waals surface area (Å²) in [4.78, 5) is 15.2. The van der Waals surface area contributed by atoms with Gasteiger partial charge in [0, 0.05) is 0 Å². The van der Waals surface area contributed by atoms with Gasteiger partial charge in [-0.1, -0.05) is 12.0 Å². The topological polar surface area (TPSA) is 72.5 Å². The molecule has 13 heavy (non-hydrogen) atoms. The Morgan fingerprint density at radius 1 is 1.38 bits per heavy atom. The molecule has 4 heteroatoms. The molecule has 0 aromatic heterocycles. The maximum Gasteiger partial charge on any atom is 0.333 e. The van der Waals surface area contributed by atoms with Crippen molar-refractivity contribution in [2.75, 3.05) is 6.61 Å². The van der Waals surface area contributed by atoms with E-state index >= 15 is 0 Å². The number of aliphatic carboxylic acids is 1. The fourth-order valence-electron chi connectivity index (χ4n) is 1.68. The summed E-state index contributed by atoms with van der Waals surface area (Å²) in [7, 11) is 0. The Labute approximate surface area is 77.3 Å². The Morgan fingerprint density at radius 3 is 2.46 bits per heavy atom. The number of hydrogen-bond acceptors (Lipinski definition) is 3. The average Bonchev–Trinajstić information content (AvgIpc) is 2.15. The molecule has 1 saturated carbocycles. The minimum Gasteiger partial charge on any atom is -0.478 e.